The third kappa shape index (κ3) is 3.97. The number of aromatic nitrogens is 5. The van der Waals surface area contributed by atoms with Crippen molar-refractivity contribution in [2.24, 2.45) is 0 Å². The molecule has 158 valence electrons. The van der Waals surface area contributed by atoms with Gasteiger partial charge in [0.15, 0.2) is 17.5 Å². The van der Waals surface area contributed by atoms with E-state index in [1.165, 1.54) is 24.4 Å². The summed E-state index contributed by atoms with van der Waals surface area (Å²) in [5.41, 5.74) is 7.83. The number of halogens is 3. The second kappa shape index (κ2) is 8.15. The lowest BCUT2D eigenvalue weighted by Crippen LogP contribution is -2.11. The molecule has 0 saturated heterocycles. The molecule has 0 aliphatic rings. The predicted octanol–water partition coefficient (Wildman–Crippen LogP) is 3.45. The number of hydrogen-bond donors (Lipinski definition) is 1. The molecule has 2 aromatic carbocycles. The molecular weight excluding hydrogens is 407 g/mol. The van der Waals surface area contributed by atoms with Gasteiger partial charge >= 0.3 is 0 Å². The van der Waals surface area contributed by atoms with Crippen molar-refractivity contribution in [2.45, 2.75) is 6.54 Å². The Morgan fingerprint density at radius 2 is 1.81 bits per heavy atom. The van der Waals surface area contributed by atoms with Crippen LogP contribution in [0, 0.1) is 17.5 Å². The molecule has 2 heterocycles. The predicted molar refractivity (Wildman–Crippen MR) is 109 cm³/mol. The average molecular weight is 425 g/mol. The summed E-state index contributed by atoms with van der Waals surface area (Å²) in [5, 5.41) is 11.2. The molecule has 0 atom stereocenters. The topological polar surface area (TPSA) is 85.8 Å². The Balaban J connectivity index is 1.78. The fourth-order valence-corrected chi connectivity index (χ4v) is 3.18. The average Bonchev–Trinajstić information content (AvgIpc) is 3.21. The fourth-order valence-electron chi connectivity index (χ4n) is 3.18. The van der Waals surface area contributed by atoms with Gasteiger partial charge in [-0.2, -0.15) is 4.68 Å². The largest absolute Gasteiger partial charge is 0.383 e. The van der Waals surface area contributed by atoms with Crippen molar-refractivity contribution in [2.75, 3.05) is 19.8 Å². The van der Waals surface area contributed by atoms with Crippen LogP contribution in [0.2, 0.25) is 0 Å². The van der Waals surface area contributed by atoms with Gasteiger partial charge in [-0.3, -0.25) is 0 Å². The van der Waals surface area contributed by atoms with Crippen molar-refractivity contribution in [3.63, 3.8) is 0 Å². The molecule has 0 saturated carbocycles. The van der Waals surface area contributed by atoms with Gasteiger partial charge in [0.25, 0.3) is 0 Å². The molecule has 0 aliphatic heterocycles. The number of hydrogen-bond acceptors (Lipinski definition) is 6. The highest BCUT2D eigenvalue weighted by atomic mass is 19.2. The Morgan fingerprint density at radius 1 is 1.00 bits per heavy atom. The second-order valence-electron chi connectivity index (χ2n) is 7.19. The van der Waals surface area contributed by atoms with E-state index in [-0.39, 0.29) is 23.1 Å². The van der Waals surface area contributed by atoms with Gasteiger partial charge in [0.1, 0.15) is 17.3 Å². The molecule has 0 unspecified atom stereocenters. The standard InChI is InChI=1S/C21H18F3N7/c1-30(2)11-13-7-6-12(9-17(13)23)14-8-15(20(25)26-10-14)21-27-28-29-31(21)18-5-3-4-16(22)19(18)24/h3-10H,11H2,1-2H3,(H2,25,26). The second-order valence-corrected chi connectivity index (χ2v) is 7.19. The first kappa shape index (κ1) is 20.5. The van der Waals surface area contributed by atoms with E-state index in [9.17, 15) is 13.2 Å². The number of nitrogens with two attached hydrogens (primary N) is 1. The lowest BCUT2D eigenvalue weighted by Gasteiger charge is -2.12. The van der Waals surface area contributed by atoms with Gasteiger partial charge in [-0.25, -0.2) is 18.2 Å². The molecule has 0 fully saturated rings. The van der Waals surface area contributed by atoms with Crippen LogP contribution in [0.15, 0.2) is 48.7 Å². The van der Waals surface area contributed by atoms with E-state index < -0.39 is 11.6 Å². The van der Waals surface area contributed by atoms with Crippen LogP contribution in [0.1, 0.15) is 5.56 Å². The van der Waals surface area contributed by atoms with Gasteiger partial charge in [-0.05, 0) is 54.4 Å². The maximum Gasteiger partial charge on any atom is 0.190 e. The highest BCUT2D eigenvalue weighted by Crippen LogP contribution is 2.30. The number of benzene rings is 2. The SMILES string of the molecule is CN(C)Cc1ccc(-c2cnc(N)c(-c3nnnn3-c3cccc(F)c3F)c2)cc1F. The maximum absolute atomic E-state index is 14.5. The molecule has 2 aromatic heterocycles. The van der Waals surface area contributed by atoms with Gasteiger partial charge in [0, 0.05) is 23.9 Å². The van der Waals surface area contributed by atoms with Crippen molar-refractivity contribution >= 4 is 5.82 Å². The van der Waals surface area contributed by atoms with Gasteiger partial charge in [0.2, 0.25) is 0 Å². The molecule has 0 bridgehead atoms. The first-order valence-electron chi connectivity index (χ1n) is 9.27. The highest BCUT2D eigenvalue weighted by Gasteiger charge is 2.19. The normalized spacial score (nSPS) is 11.3. The smallest absolute Gasteiger partial charge is 0.190 e. The molecule has 31 heavy (non-hydrogen) atoms. The molecule has 10 heteroatoms. The number of nitrogens with zero attached hydrogens (tertiary/aromatic N) is 6. The van der Waals surface area contributed by atoms with Crippen LogP contribution >= 0.6 is 0 Å². The Hall–Kier alpha value is -3.79. The summed E-state index contributed by atoms with van der Waals surface area (Å²) in [6.45, 7) is 0.464. The summed E-state index contributed by atoms with van der Waals surface area (Å²) in [5.74, 6) is -2.33. The number of rotatable bonds is 5. The van der Waals surface area contributed by atoms with E-state index in [1.54, 1.807) is 18.2 Å². The molecule has 0 aliphatic carbocycles. The van der Waals surface area contributed by atoms with Crippen LogP contribution in [-0.4, -0.2) is 44.2 Å². The molecule has 0 radical (unpaired) electrons. The zero-order valence-corrected chi connectivity index (χ0v) is 16.7. The minimum atomic E-state index is -1.10. The van der Waals surface area contributed by atoms with Gasteiger partial charge in [-0.15, -0.1) is 5.10 Å². The lowest BCUT2D eigenvalue weighted by atomic mass is 10.0. The Labute approximate surface area is 175 Å². The summed E-state index contributed by atoms with van der Waals surface area (Å²) in [6.07, 6.45) is 1.50. The van der Waals surface area contributed by atoms with Gasteiger partial charge in [0.05, 0.1) is 5.56 Å². The van der Waals surface area contributed by atoms with E-state index in [1.807, 2.05) is 19.0 Å². The summed E-state index contributed by atoms with van der Waals surface area (Å²) >= 11 is 0. The summed E-state index contributed by atoms with van der Waals surface area (Å²) in [7, 11) is 3.71. The molecule has 0 spiro atoms. The van der Waals surface area contributed by atoms with E-state index in [0.29, 0.717) is 28.8 Å². The Kier molecular flexibility index (Phi) is 5.38. The van der Waals surface area contributed by atoms with E-state index in [2.05, 4.69) is 20.5 Å². The van der Waals surface area contributed by atoms with E-state index in [4.69, 9.17) is 5.73 Å². The molecule has 0 amide bonds. The van der Waals surface area contributed by atoms with Crippen molar-refractivity contribution in [1.82, 2.24) is 30.1 Å². The van der Waals surface area contributed by atoms with Crippen LogP contribution in [0.5, 0.6) is 0 Å². The number of nitrogen functional groups attached to an aromatic ring is 1. The number of anilines is 1. The van der Waals surface area contributed by atoms with E-state index >= 15 is 0 Å². The summed E-state index contributed by atoms with van der Waals surface area (Å²) < 4.78 is 43.6. The lowest BCUT2D eigenvalue weighted by molar-refractivity contribution is 0.392. The zero-order valence-electron chi connectivity index (χ0n) is 16.7. The van der Waals surface area contributed by atoms with Crippen LogP contribution in [0.25, 0.3) is 28.2 Å². The van der Waals surface area contributed by atoms with E-state index in [0.717, 1.165) is 10.7 Å². The van der Waals surface area contributed by atoms with Gasteiger partial charge < -0.3 is 10.6 Å². The van der Waals surface area contributed by atoms with Crippen LogP contribution in [0.4, 0.5) is 19.0 Å². The monoisotopic (exact) mass is 425 g/mol. The van der Waals surface area contributed by atoms with Crippen molar-refractivity contribution in [1.29, 1.82) is 0 Å². The zero-order chi connectivity index (χ0) is 22.1. The Bertz CT molecular complexity index is 1250. The first-order chi connectivity index (χ1) is 14.8. The minimum absolute atomic E-state index is 0.0704. The maximum atomic E-state index is 14.5. The fraction of sp³-hybridized carbons (Fsp3) is 0.143. The highest BCUT2D eigenvalue weighted by molar-refractivity contribution is 5.76. The van der Waals surface area contributed by atoms with Crippen molar-refractivity contribution in [3.8, 4) is 28.2 Å². The molecule has 2 N–H and O–H groups in total. The summed E-state index contributed by atoms with van der Waals surface area (Å²) in [6, 6.07) is 10.2. The first-order valence-corrected chi connectivity index (χ1v) is 9.27. The number of pyridine rings is 1. The molecule has 7 nitrogen and oxygen atoms in total. The third-order valence-corrected chi connectivity index (χ3v) is 4.66. The quantitative estimate of drug-likeness (QED) is 0.527. The molecule has 4 rings (SSSR count). The van der Waals surface area contributed by atoms with Crippen molar-refractivity contribution in [3.05, 3.63) is 71.7 Å². The van der Waals surface area contributed by atoms with Crippen LogP contribution < -0.4 is 5.73 Å². The Morgan fingerprint density at radius 3 is 2.55 bits per heavy atom. The molecular formula is C21H18F3N7. The van der Waals surface area contributed by atoms with Crippen LogP contribution in [-0.2, 0) is 6.54 Å². The summed E-state index contributed by atoms with van der Waals surface area (Å²) in [4.78, 5) is 6.02. The third-order valence-electron chi connectivity index (χ3n) is 4.66. The van der Waals surface area contributed by atoms with Gasteiger partial charge in [-0.1, -0.05) is 18.2 Å². The minimum Gasteiger partial charge on any atom is -0.383 e. The number of tetrazole rings is 1. The van der Waals surface area contributed by atoms with Crippen LogP contribution in [0.3, 0.4) is 0 Å². The van der Waals surface area contributed by atoms with Crippen molar-refractivity contribution < 1.29 is 13.2 Å². The molecule has 4 aromatic rings.